The predicted molar refractivity (Wildman–Crippen MR) is 232 cm³/mol. The minimum Gasteiger partial charge on any atom is -0.296 e. The highest BCUT2D eigenvalue weighted by molar-refractivity contribution is 6.22. The first-order chi connectivity index (χ1) is 27.2. The Morgan fingerprint density at radius 1 is 0.436 bits per heavy atom. The maximum atomic E-state index is 5.38. The van der Waals surface area contributed by atoms with Crippen molar-refractivity contribution < 1.29 is 0 Å². The minimum absolute atomic E-state index is 0.817. The SMILES string of the molecule is CCc1nc2c3c(-c4ccc(-c5c6ccccc6c(-c6ccc7ccccc7c6)c6ccccc56)cc4)nc4ccccc4c3ccc2n1-c1ccccc1. The lowest BCUT2D eigenvalue weighted by Gasteiger charge is -2.18. The molecule has 3 nitrogen and oxygen atoms in total. The summed E-state index contributed by atoms with van der Waals surface area (Å²) in [5, 5.41) is 10.9. The van der Waals surface area contributed by atoms with Crippen LogP contribution in [0.2, 0.25) is 0 Å². The van der Waals surface area contributed by atoms with Gasteiger partial charge in [0, 0.05) is 28.4 Å². The molecule has 0 fully saturated rings. The second-order valence-corrected chi connectivity index (χ2v) is 14.4. The molecule has 0 amide bonds. The van der Waals surface area contributed by atoms with Crippen LogP contribution in [-0.2, 0) is 6.42 Å². The first kappa shape index (κ1) is 31.4. The topological polar surface area (TPSA) is 30.7 Å². The van der Waals surface area contributed by atoms with Crippen LogP contribution >= 0.6 is 0 Å². The summed E-state index contributed by atoms with van der Waals surface area (Å²) in [5.74, 6) is 1.04. The van der Waals surface area contributed by atoms with E-state index in [2.05, 4.69) is 193 Å². The Kier molecular flexibility index (Phi) is 7.14. The summed E-state index contributed by atoms with van der Waals surface area (Å²) in [7, 11) is 0. The molecule has 0 aliphatic heterocycles. The number of aryl methyl sites for hydroxylation is 1. The Morgan fingerprint density at radius 3 is 1.69 bits per heavy atom. The van der Waals surface area contributed by atoms with Crippen LogP contribution in [0.4, 0.5) is 0 Å². The normalized spacial score (nSPS) is 11.8. The van der Waals surface area contributed by atoms with Crippen LogP contribution in [0, 0.1) is 0 Å². The largest absolute Gasteiger partial charge is 0.296 e. The zero-order valence-electron chi connectivity index (χ0n) is 30.4. The van der Waals surface area contributed by atoms with E-state index in [4.69, 9.17) is 9.97 Å². The molecule has 0 radical (unpaired) electrons. The van der Waals surface area contributed by atoms with Crippen molar-refractivity contribution in [3.05, 3.63) is 188 Å². The fourth-order valence-corrected chi connectivity index (χ4v) is 8.83. The first-order valence-corrected chi connectivity index (χ1v) is 19.1. The number of hydrogen-bond acceptors (Lipinski definition) is 2. The van der Waals surface area contributed by atoms with Crippen molar-refractivity contribution in [3.63, 3.8) is 0 Å². The van der Waals surface area contributed by atoms with E-state index >= 15 is 0 Å². The maximum Gasteiger partial charge on any atom is 0.114 e. The van der Waals surface area contributed by atoms with Crippen LogP contribution in [0.1, 0.15) is 12.7 Å². The lowest BCUT2D eigenvalue weighted by molar-refractivity contribution is 0.908. The van der Waals surface area contributed by atoms with Crippen LogP contribution in [0.25, 0.3) is 104 Å². The van der Waals surface area contributed by atoms with Crippen molar-refractivity contribution in [2.24, 2.45) is 0 Å². The average molecular weight is 702 g/mol. The highest BCUT2D eigenvalue weighted by Crippen LogP contribution is 2.45. The van der Waals surface area contributed by atoms with E-state index in [-0.39, 0.29) is 0 Å². The molecule has 0 aliphatic carbocycles. The standard InChI is InChI=1S/C52H35N3/c1-2-47-54-52-46(55(47)38-16-4-3-5-17-38)31-30-44-39-18-12-13-23-45(39)53-51(50(44)52)35-27-25-34(26-28-35)48-40-19-8-10-21-42(40)49(43-22-11-9-20-41(43)48)37-29-24-33-14-6-7-15-36(33)32-37/h3-32H,2H2,1H3. The number of aromatic nitrogens is 3. The highest BCUT2D eigenvalue weighted by Gasteiger charge is 2.21. The summed E-state index contributed by atoms with van der Waals surface area (Å²) < 4.78 is 2.30. The van der Waals surface area contributed by atoms with Crippen LogP contribution in [0.5, 0.6) is 0 Å². The third kappa shape index (κ3) is 4.90. The summed E-state index contributed by atoms with van der Waals surface area (Å²) in [5.41, 5.74) is 11.1. The smallest absolute Gasteiger partial charge is 0.114 e. The fraction of sp³-hybridized carbons (Fsp3) is 0.0385. The Labute approximate surface area is 318 Å². The monoisotopic (exact) mass is 701 g/mol. The van der Waals surface area contributed by atoms with Gasteiger partial charge in [-0.3, -0.25) is 4.57 Å². The van der Waals surface area contributed by atoms with Gasteiger partial charge in [-0.05, 0) is 90.3 Å². The van der Waals surface area contributed by atoms with Gasteiger partial charge in [0.05, 0.1) is 22.2 Å². The summed E-state index contributed by atoms with van der Waals surface area (Å²) in [6.45, 7) is 2.18. The molecular formula is C52H35N3. The van der Waals surface area contributed by atoms with Crippen molar-refractivity contribution in [1.29, 1.82) is 0 Å². The third-order valence-corrected chi connectivity index (χ3v) is 11.3. The molecule has 0 unspecified atom stereocenters. The van der Waals surface area contributed by atoms with Gasteiger partial charge in [-0.25, -0.2) is 9.97 Å². The molecule has 0 bridgehead atoms. The third-order valence-electron chi connectivity index (χ3n) is 11.3. The molecule has 0 N–H and O–H groups in total. The summed E-state index contributed by atoms with van der Waals surface area (Å²) in [6.07, 6.45) is 0.817. The second-order valence-electron chi connectivity index (χ2n) is 14.4. The van der Waals surface area contributed by atoms with Crippen molar-refractivity contribution >= 4 is 65.0 Å². The molecule has 11 aromatic rings. The minimum atomic E-state index is 0.817. The first-order valence-electron chi connectivity index (χ1n) is 19.1. The lowest BCUT2D eigenvalue weighted by Crippen LogP contribution is -1.99. The predicted octanol–water partition coefficient (Wildman–Crippen LogP) is 13.7. The van der Waals surface area contributed by atoms with Crippen LogP contribution in [0.15, 0.2) is 182 Å². The number of fused-ring (bicyclic) bond motifs is 8. The number of rotatable bonds is 5. The fourth-order valence-electron chi connectivity index (χ4n) is 8.83. The molecule has 0 saturated heterocycles. The summed E-state index contributed by atoms with van der Waals surface area (Å²) in [6, 6.07) is 65.8. The molecule has 55 heavy (non-hydrogen) atoms. The number of imidazole rings is 1. The van der Waals surface area contributed by atoms with Crippen LogP contribution in [-0.4, -0.2) is 14.5 Å². The molecule has 0 saturated carbocycles. The van der Waals surface area contributed by atoms with E-state index in [1.54, 1.807) is 0 Å². The zero-order valence-corrected chi connectivity index (χ0v) is 30.4. The highest BCUT2D eigenvalue weighted by atomic mass is 15.1. The summed E-state index contributed by atoms with van der Waals surface area (Å²) in [4.78, 5) is 10.7. The molecule has 258 valence electrons. The number of nitrogens with zero attached hydrogens (tertiary/aromatic N) is 3. The Hall–Kier alpha value is -7.10. The molecule has 0 atom stereocenters. The van der Waals surface area contributed by atoms with Gasteiger partial charge in [-0.15, -0.1) is 0 Å². The van der Waals surface area contributed by atoms with Gasteiger partial charge in [0.2, 0.25) is 0 Å². The zero-order chi connectivity index (χ0) is 36.5. The molecule has 11 rings (SSSR count). The van der Waals surface area contributed by atoms with E-state index in [0.29, 0.717) is 0 Å². The van der Waals surface area contributed by atoms with Crippen molar-refractivity contribution in [3.8, 4) is 39.2 Å². The van der Waals surface area contributed by atoms with Crippen molar-refractivity contribution in [1.82, 2.24) is 14.5 Å². The van der Waals surface area contributed by atoms with Gasteiger partial charge in [0.1, 0.15) is 5.82 Å². The molecular weight excluding hydrogens is 667 g/mol. The van der Waals surface area contributed by atoms with Gasteiger partial charge in [-0.2, -0.15) is 0 Å². The molecule has 2 aromatic heterocycles. The van der Waals surface area contributed by atoms with E-state index in [1.165, 1.54) is 60.0 Å². The van der Waals surface area contributed by atoms with E-state index in [0.717, 1.165) is 56.5 Å². The van der Waals surface area contributed by atoms with Gasteiger partial charge < -0.3 is 0 Å². The maximum absolute atomic E-state index is 5.38. The average Bonchev–Trinajstić information content (AvgIpc) is 3.64. The molecule has 2 heterocycles. The van der Waals surface area contributed by atoms with E-state index in [9.17, 15) is 0 Å². The molecule has 3 heteroatoms. The number of hydrogen-bond donors (Lipinski definition) is 0. The molecule has 9 aromatic carbocycles. The van der Waals surface area contributed by atoms with E-state index in [1.807, 2.05) is 0 Å². The summed E-state index contributed by atoms with van der Waals surface area (Å²) >= 11 is 0. The van der Waals surface area contributed by atoms with Gasteiger partial charge >= 0.3 is 0 Å². The van der Waals surface area contributed by atoms with Gasteiger partial charge in [0.15, 0.2) is 0 Å². The van der Waals surface area contributed by atoms with Crippen LogP contribution < -0.4 is 0 Å². The number of benzene rings is 9. The quantitative estimate of drug-likeness (QED) is 0.132. The van der Waals surface area contributed by atoms with Crippen molar-refractivity contribution in [2.75, 3.05) is 0 Å². The Bertz CT molecular complexity index is 3230. The molecule has 0 spiro atoms. The number of pyridine rings is 1. The van der Waals surface area contributed by atoms with Gasteiger partial charge in [-0.1, -0.05) is 159 Å². The molecule has 0 aliphatic rings. The second kappa shape index (κ2) is 12.5. The Balaban J connectivity index is 1.13. The Morgan fingerprint density at radius 2 is 1.00 bits per heavy atom. The number of para-hydroxylation sites is 2. The van der Waals surface area contributed by atoms with Gasteiger partial charge in [0.25, 0.3) is 0 Å². The van der Waals surface area contributed by atoms with E-state index < -0.39 is 0 Å². The lowest BCUT2D eigenvalue weighted by atomic mass is 9.85. The van der Waals surface area contributed by atoms with Crippen molar-refractivity contribution in [2.45, 2.75) is 13.3 Å². The van der Waals surface area contributed by atoms with Crippen LogP contribution in [0.3, 0.4) is 0 Å².